The molecule has 20 nitrogen and oxygen atoms in total. The Bertz CT molecular complexity index is 3060. The molecule has 460 valence electrons. The molecule has 0 saturated heterocycles. The standard InChI is InChI=1S/C62H70O18.C4H6O2/c1-6-56(64)78-34-43(31-52(63)46-14-8-9-15-47(46)58(66)67)33-76-55-32-42(28-40-20-22-53(37(3)26-40)74-24-25-75-61(72)50-18-12-10-16-48(50)59(68)69)30-44(39(55)5)29-41-21-23-54(38(4)27-41)77-35-45(36-79-57(65)7-2)80-62(73)51-19-13-11-17-49(51)60(70)71;1-3-4(5)6-2/h6-13,20-23,26-27,30,32,43,45-51H,1-2,14-19,24-25,28-29,31,33-36H2,3-5H3,(H,66,67)(H,68,69)(H,70,71);3H,1H2,2H3. The number of rotatable bonds is 30. The van der Waals surface area contributed by atoms with Crippen LogP contribution in [-0.2, 0) is 79.7 Å². The van der Waals surface area contributed by atoms with Crippen LogP contribution in [0.15, 0.2) is 123 Å². The van der Waals surface area contributed by atoms with Crippen LogP contribution in [0.25, 0.3) is 0 Å². The normalized spacial score (nSPS) is 19.1. The van der Waals surface area contributed by atoms with Crippen molar-refractivity contribution in [3.63, 3.8) is 0 Å². The van der Waals surface area contributed by atoms with Crippen LogP contribution in [0, 0.1) is 62.2 Å². The second kappa shape index (κ2) is 34.0. The number of ether oxygens (including phenoxy) is 8. The van der Waals surface area contributed by atoms with Crippen molar-refractivity contribution in [2.45, 2.75) is 84.7 Å². The summed E-state index contributed by atoms with van der Waals surface area (Å²) in [6.07, 6.45) is 14.8. The number of esters is 5. The highest BCUT2D eigenvalue weighted by Crippen LogP contribution is 2.34. The highest BCUT2D eigenvalue weighted by atomic mass is 16.6. The van der Waals surface area contributed by atoms with Gasteiger partial charge in [0.2, 0.25) is 0 Å². The quantitative estimate of drug-likeness (QED) is 0.0185. The van der Waals surface area contributed by atoms with Gasteiger partial charge in [0.15, 0.2) is 6.10 Å². The summed E-state index contributed by atoms with van der Waals surface area (Å²) in [5.41, 5.74) is 5.93. The Labute approximate surface area is 500 Å². The number of methoxy groups -OCH3 is 1. The van der Waals surface area contributed by atoms with Crippen molar-refractivity contribution in [3.05, 3.63) is 162 Å². The minimum atomic E-state index is -1.12. The molecule has 0 radical (unpaired) electrons. The minimum absolute atomic E-state index is 0.0510. The molecular weight excluding hydrogens is 1110 g/mol. The summed E-state index contributed by atoms with van der Waals surface area (Å²) in [7, 11) is 1.31. The molecule has 0 heterocycles. The average molecular weight is 1190 g/mol. The summed E-state index contributed by atoms with van der Waals surface area (Å²) in [6.45, 7) is 14.9. The zero-order valence-electron chi connectivity index (χ0n) is 48.9. The summed E-state index contributed by atoms with van der Waals surface area (Å²) in [5.74, 6) is -10.9. The fourth-order valence-corrected chi connectivity index (χ4v) is 10.1. The smallest absolute Gasteiger partial charge is 0.330 e. The molecule has 0 spiro atoms. The third-order valence-electron chi connectivity index (χ3n) is 14.9. The second-order valence-corrected chi connectivity index (χ2v) is 21.0. The molecular formula is C66H76O20. The maximum atomic E-state index is 13.8. The maximum Gasteiger partial charge on any atom is 0.330 e. The molecule has 3 aromatic rings. The Morgan fingerprint density at radius 3 is 1.49 bits per heavy atom. The number of ketones is 1. The van der Waals surface area contributed by atoms with Gasteiger partial charge in [-0.05, 0) is 129 Å². The Hall–Kier alpha value is -9.07. The number of aryl methyl sites for hydroxylation is 2. The Kier molecular flexibility index (Phi) is 26.8. The van der Waals surface area contributed by atoms with Gasteiger partial charge in [0, 0.05) is 36.5 Å². The van der Waals surface area contributed by atoms with E-state index >= 15 is 0 Å². The molecule has 0 aromatic heterocycles. The van der Waals surface area contributed by atoms with Crippen LogP contribution < -0.4 is 14.2 Å². The molecule has 86 heavy (non-hydrogen) atoms. The molecule has 0 amide bonds. The molecule has 0 bridgehead atoms. The number of aliphatic carboxylic acids is 3. The molecule has 3 aliphatic rings. The zero-order chi connectivity index (χ0) is 62.9. The van der Waals surface area contributed by atoms with E-state index < -0.39 is 95.3 Å². The van der Waals surface area contributed by atoms with E-state index in [-0.39, 0.29) is 83.9 Å². The number of Topliss-reactive ketones (excluding diaryl/α,β-unsaturated/α-hetero) is 1. The number of hydrogen-bond donors (Lipinski definition) is 3. The van der Waals surface area contributed by atoms with E-state index in [4.69, 9.17) is 33.2 Å². The van der Waals surface area contributed by atoms with Gasteiger partial charge in [-0.1, -0.05) is 86.5 Å². The lowest BCUT2D eigenvalue weighted by Crippen LogP contribution is -2.37. The zero-order valence-corrected chi connectivity index (χ0v) is 48.9. The number of hydrogen-bond acceptors (Lipinski definition) is 17. The van der Waals surface area contributed by atoms with Crippen molar-refractivity contribution in [1.29, 1.82) is 0 Å². The van der Waals surface area contributed by atoms with Gasteiger partial charge in [0.25, 0.3) is 0 Å². The third kappa shape index (κ3) is 20.6. The van der Waals surface area contributed by atoms with Gasteiger partial charge in [-0.15, -0.1) is 0 Å². The molecule has 3 aromatic carbocycles. The van der Waals surface area contributed by atoms with Crippen LogP contribution in [0.2, 0.25) is 0 Å². The summed E-state index contributed by atoms with van der Waals surface area (Å²) in [6, 6.07) is 15.3. The molecule has 8 unspecified atom stereocenters. The van der Waals surface area contributed by atoms with Gasteiger partial charge in [-0.25, -0.2) is 14.4 Å². The summed E-state index contributed by atoms with van der Waals surface area (Å²) < 4.78 is 44.6. The summed E-state index contributed by atoms with van der Waals surface area (Å²) in [4.78, 5) is 110. The molecule has 20 heteroatoms. The van der Waals surface area contributed by atoms with Crippen LogP contribution in [-0.4, -0.2) is 122 Å². The van der Waals surface area contributed by atoms with Crippen molar-refractivity contribution in [2.75, 3.05) is 46.8 Å². The molecule has 8 atom stereocenters. The lowest BCUT2D eigenvalue weighted by molar-refractivity contribution is -0.167. The van der Waals surface area contributed by atoms with Crippen LogP contribution in [0.3, 0.4) is 0 Å². The van der Waals surface area contributed by atoms with Crippen LogP contribution in [0.4, 0.5) is 0 Å². The second-order valence-electron chi connectivity index (χ2n) is 21.0. The van der Waals surface area contributed by atoms with Crippen molar-refractivity contribution in [1.82, 2.24) is 0 Å². The fourth-order valence-electron chi connectivity index (χ4n) is 10.1. The first kappa shape index (κ1) is 67.7. The van der Waals surface area contributed by atoms with Crippen molar-refractivity contribution >= 4 is 53.5 Å². The number of carboxylic acid groups (broad SMARTS) is 3. The number of carbonyl (C=O) groups excluding carboxylic acids is 6. The summed E-state index contributed by atoms with van der Waals surface area (Å²) >= 11 is 0. The molecule has 0 fully saturated rings. The van der Waals surface area contributed by atoms with E-state index in [0.717, 1.165) is 57.2 Å². The van der Waals surface area contributed by atoms with Gasteiger partial charge < -0.3 is 53.2 Å². The van der Waals surface area contributed by atoms with E-state index in [0.29, 0.717) is 36.5 Å². The van der Waals surface area contributed by atoms with Gasteiger partial charge in [0.1, 0.15) is 49.5 Å². The lowest BCUT2D eigenvalue weighted by Gasteiger charge is -2.26. The van der Waals surface area contributed by atoms with E-state index in [2.05, 4.69) is 30.5 Å². The van der Waals surface area contributed by atoms with E-state index in [9.17, 15) is 58.5 Å². The molecule has 6 rings (SSSR count). The average Bonchev–Trinajstić information content (AvgIpc) is 3.40. The van der Waals surface area contributed by atoms with Gasteiger partial charge in [0.05, 0.1) is 49.9 Å². The number of carboxylic acids is 3. The first-order chi connectivity index (χ1) is 41.2. The number of benzene rings is 3. The molecule has 3 aliphatic carbocycles. The highest BCUT2D eigenvalue weighted by Gasteiger charge is 2.38. The Balaban J connectivity index is 0.00000213. The van der Waals surface area contributed by atoms with E-state index in [1.165, 1.54) is 7.11 Å². The van der Waals surface area contributed by atoms with Crippen molar-refractivity contribution in [2.24, 2.45) is 41.4 Å². The molecule has 0 saturated carbocycles. The molecule has 3 N–H and O–H groups in total. The van der Waals surface area contributed by atoms with Crippen LogP contribution in [0.1, 0.15) is 83.9 Å². The first-order valence-corrected chi connectivity index (χ1v) is 28.2. The van der Waals surface area contributed by atoms with E-state index in [1.807, 2.05) is 57.2 Å². The predicted molar refractivity (Wildman–Crippen MR) is 313 cm³/mol. The Morgan fingerprint density at radius 1 is 0.500 bits per heavy atom. The highest BCUT2D eigenvalue weighted by molar-refractivity contribution is 5.87. The fraction of sp³-hybridized carbons (Fsp3) is 0.409. The number of allylic oxidation sites excluding steroid dienone is 6. The van der Waals surface area contributed by atoms with Crippen LogP contribution >= 0.6 is 0 Å². The van der Waals surface area contributed by atoms with Gasteiger partial charge >= 0.3 is 47.8 Å². The predicted octanol–water partition coefficient (Wildman–Crippen LogP) is 8.77. The first-order valence-electron chi connectivity index (χ1n) is 28.2. The van der Waals surface area contributed by atoms with Crippen molar-refractivity contribution < 1.29 is 96.4 Å². The minimum Gasteiger partial charge on any atom is -0.493 e. The topological polar surface area (TPSA) is 288 Å². The van der Waals surface area contributed by atoms with Gasteiger partial charge in [-0.2, -0.15) is 0 Å². The van der Waals surface area contributed by atoms with Crippen molar-refractivity contribution in [3.8, 4) is 17.2 Å². The Morgan fingerprint density at radius 2 is 0.977 bits per heavy atom. The van der Waals surface area contributed by atoms with Crippen LogP contribution in [0.5, 0.6) is 17.2 Å². The summed E-state index contributed by atoms with van der Waals surface area (Å²) in [5, 5.41) is 29.2. The van der Waals surface area contributed by atoms with Gasteiger partial charge in [-0.3, -0.25) is 28.8 Å². The maximum absolute atomic E-state index is 13.8. The lowest BCUT2D eigenvalue weighted by atomic mass is 9.78. The largest absolute Gasteiger partial charge is 0.493 e. The number of carbonyl (C=O) groups is 9. The third-order valence-corrected chi connectivity index (χ3v) is 14.9. The molecule has 0 aliphatic heterocycles. The van der Waals surface area contributed by atoms with E-state index in [1.54, 1.807) is 42.5 Å². The monoisotopic (exact) mass is 1190 g/mol. The SMILES string of the molecule is C=CC(=O)OC.C=CC(=O)OCC(COc1cc(Cc2ccc(OCCOC(=O)C3CC=CCC3C(=O)O)c(C)c2)cc(Cc2ccc(OCC(COC(=O)C=C)OC(=O)C3CC=CCC3C(=O)O)c(C)c2)c1C)CC(=O)C1CC=CCC1C(=O)O.